The zero-order valence-corrected chi connectivity index (χ0v) is 11.4. The fraction of sp³-hybridized carbons (Fsp3) is 0.200. The molecule has 0 atom stereocenters. The number of hydrazine groups is 1. The van der Waals surface area contributed by atoms with E-state index in [2.05, 4.69) is 22.7 Å². The molecule has 1 heterocycles. The molecule has 0 fully saturated rings. The minimum Gasteiger partial charge on any atom is -0.321 e. The molecule has 4 N–H and O–H groups in total. The summed E-state index contributed by atoms with van der Waals surface area (Å²) in [6.07, 6.45) is 2.15. The number of benzene rings is 1. The van der Waals surface area contributed by atoms with Crippen LogP contribution in [0, 0.1) is 0 Å². The monoisotopic (exact) mass is 270 g/mol. The van der Waals surface area contributed by atoms with Crippen molar-refractivity contribution in [2.45, 2.75) is 19.8 Å². The molecule has 0 unspecified atom stereocenters. The number of aromatic nitrogens is 1. The van der Waals surface area contributed by atoms with E-state index in [1.54, 1.807) is 18.2 Å². The van der Waals surface area contributed by atoms with Crippen LogP contribution in [0.4, 0.5) is 11.5 Å². The van der Waals surface area contributed by atoms with Crippen LogP contribution in [0.3, 0.4) is 0 Å². The molecule has 0 aliphatic rings. The quantitative estimate of drug-likeness (QED) is 0.576. The van der Waals surface area contributed by atoms with Crippen LogP contribution in [-0.2, 0) is 6.42 Å². The highest BCUT2D eigenvalue weighted by Crippen LogP contribution is 2.12. The van der Waals surface area contributed by atoms with Crippen molar-refractivity contribution in [1.82, 2.24) is 4.98 Å². The van der Waals surface area contributed by atoms with Crippen molar-refractivity contribution in [2.24, 2.45) is 5.84 Å². The first kappa shape index (κ1) is 14.0. The maximum absolute atomic E-state index is 12.1. The van der Waals surface area contributed by atoms with Gasteiger partial charge in [0.2, 0.25) is 0 Å². The van der Waals surface area contributed by atoms with Crippen LogP contribution >= 0.6 is 0 Å². The number of nitrogens with one attached hydrogen (secondary N) is 2. The topological polar surface area (TPSA) is 80.0 Å². The number of nitrogens with zero attached hydrogens (tertiary/aromatic N) is 1. The molecule has 5 nitrogen and oxygen atoms in total. The van der Waals surface area contributed by atoms with Gasteiger partial charge < -0.3 is 10.7 Å². The van der Waals surface area contributed by atoms with Crippen LogP contribution in [0.1, 0.15) is 29.4 Å². The third-order valence-corrected chi connectivity index (χ3v) is 2.88. The Balaban J connectivity index is 2.06. The number of hydrogen-bond acceptors (Lipinski definition) is 4. The summed E-state index contributed by atoms with van der Waals surface area (Å²) in [5, 5.41) is 2.81. The molecule has 0 saturated heterocycles. The van der Waals surface area contributed by atoms with Gasteiger partial charge in [0, 0.05) is 5.69 Å². The Labute approximate surface area is 118 Å². The Bertz CT molecular complexity index is 581. The van der Waals surface area contributed by atoms with Crippen LogP contribution in [0.15, 0.2) is 42.5 Å². The summed E-state index contributed by atoms with van der Waals surface area (Å²) >= 11 is 0. The summed E-state index contributed by atoms with van der Waals surface area (Å²) in [6.45, 7) is 2.14. The predicted octanol–water partition coefficient (Wildman–Crippen LogP) is 2.57. The lowest BCUT2D eigenvalue weighted by molar-refractivity contribution is 0.102. The summed E-state index contributed by atoms with van der Waals surface area (Å²) in [6, 6.07) is 12.9. The molecule has 0 saturated carbocycles. The summed E-state index contributed by atoms with van der Waals surface area (Å²) < 4.78 is 0. The molecule has 1 amide bonds. The SMILES string of the molecule is CCCc1ccc(NC(=O)c2cccc(NN)n2)cc1. The minimum absolute atomic E-state index is 0.259. The first-order valence-electron chi connectivity index (χ1n) is 6.57. The number of nitrogens with two attached hydrogens (primary N) is 1. The van der Waals surface area contributed by atoms with Gasteiger partial charge in [-0.05, 0) is 36.2 Å². The van der Waals surface area contributed by atoms with Crippen LogP contribution in [0.2, 0.25) is 0 Å². The minimum atomic E-state index is -0.259. The van der Waals surface area contributed by atoms with Crippen LogP contribution in [0.5, 0.6) is 0 Å². The molecule has 5 heteroatoms. The normalized spacial score (nSPS) is 10.1. The average molecular weight is 270 g/mol. The molecule has 0 bridgehead atoms. The zero-order valence-electron chi connectivity index (χ0n) is 11.4. The molecule has 20 heavy (non-hydrogen) atoms. The molecular weight excluding hydrogens is 252 g/mol. The van der Waals surface area contributed by atoms with E-state index in [0.717, 1.165) is 18.5 Å². The van der Waals surface area contributed by atoms with E-state index in [9.17, 15) is 4.79 Å². The summed E-state index contributed by atoms with van der Waals surface area (Å²) in [7, 11) is 0. The predicted molar refractivity (Wildman–Crippen MR) is 80.4 cm³/mol. The maximum Gasteiger partial charge on any atom is 0.274 e. The molecule has 0 aliphatic carbocycles. The highest BCUT2D eigenvalue weighted by Gasteiger charge is 2.08. The van der Waals surface area contributed by atoms with Gasteiger partial charge in [-0.1, -0.05) is 31.5 Å². The number of nitrogen functional groups attached to an aromatic ring is 1. The van der Waals surface area contributed by atoms with Gasteiger partial charge in [0.15, 0.2) is 0 Å². The Kier molecular flexibility index (Phi) is 4.68. The number of hydrogen-bond donors (Lipinski definition) is 3. The molecule has 2 aromatic rings. The number of pyridine rings is 1. The Hall–Kier alpha value is -2.40. The van der Waals surface area contributed by atoms with Crippen LogP contribution in [-0.4, -0.2) is 10.9 Å². The molecular formula is C15H18N4O. The van der Waals surface area contributed by atoms with E-state index in [0.29, 0.717) is 11.5 Å². The third-order valence-electron chi connectivity index (χ3n) is 2.88. The number of aryl methyl sites for hydroxylation is 1. The van der Waals surface area contributed by atoms with Gasteiger partial charge in [-0.25, -0.2) is 10.8 Å². The van der Waals surface area contributed by atoms with Gasteiger partial charge in [0.25, 0.3) is 5.91 Å². The largest absolute Gasteiger partial charge is 0.321 e. The molecule has 1 aromatic carbocycles. The van der Waals surface area contributed by atoms with Gasteiger partial charge in [0.05, 0.1) is 0 Å². The van der Waals surface area contributed by atoms with E-state index in [4.69, 9.17) is 5.84 Å². The van der Waals surface area contributed by atoms with Crippen molar-refractivity contribution in [3.63, 3.8) is 0 Å². The zero-order chi connectivity index (χ0) is 14.4. The summed E-state index contributed by atoms with van der Waals surface area (Å²) in [5.41, 5.74) is 4.75. The second-order valence-corrected chi connectivity index (χ2v) is 4.45. The van der Waals surface area contributed by atoms with Crippen LogP contribution in [0.25, 0.3) is 0 Å². The molecule has 104 valence electrons. The lowest BCUT2D eigenvalue weighted by Crippen LogP contribution is -2.16. The first-order valence-corrected chi connectivity index (χ1v) is 6.57. The molecule has 0 spiro atoms. The number of carbonyl (C=O) groups is 1. The number of amides is 1. The number of rotatable bonds is 5. The van der Waals surface area contributed by atoms with E-state index < -0.39 is 0 Å². The van der Waals surface area contributed by atoms with Crippen molar-refractivity contribution < 1.29 is 4.79 Å². The lowest BCUT2D eigenvalue weighted by Gasteiger charge is -2.07. The Morgan fingerprint density at radius 1 is 1.20 bits per heavy atom. The van der Waals surface area contributed by atoms with Gasteiger partial charge in [-0.2, -0.15) is 0 Å². The highest BCUT2D eigenvalue weighted by atomic mass is 16.1. The Morgan fingerprint density at radius 3 is 2.60 bits per heavy atom. The van der Waals surface area contributed by atoms with E-state index >= 15 is 0 Å². The van der Waals surface area contributed by atoms with Crippen molar-refractivity contribution in [1.29, 1.82) is 0 Å². The molecule has 0 radical (unpaired) electrons. The van der Waals surface area contributed by atoms with Crippen molar-refractivity contribution in [3.8, 4) is 0 Å². The molecule has 2 rings (SSSR count). The fourth-order valence-corrected chi connectivity index (χ4v) is 1.88. The van der Waals surface area contributed by atoms with E-state index in [-0.39, 0.29) is 5.91 Å². The van der Waals surface area contributed by atoms with Crippen LogP contribution < -0.4 is 16.6 Å². The van der Waals surface area contributed by atoms with Crippen molar-refractivity contribution in [2.75, 3.05) is 10.7 Å². The highest BCUT2D eigenvalue weighted by molar-refractivity contribution is 6.03. The van der Waals surface area contributed by atoms with E-state index in [1.807, 2.05) is 24.3 Å². The number of carbonyl (C=O) groups excluding carboxylic acids is 1. The fourth-order valence-electron chi connectivity index (χ4n) is 1.88. The third kappa shape index (κ3) is 3.55. The second-order valence-electron chi connectivity index (χ2n) is 4.45. The number of anilines is 2. The second kappa shape index (κ2) is 6.68. The van der Waals surface area contributed by atoms with Crippen molar-refractivity contribution >= 4 is 17.4 Å². The van der Waals surface area contributed by atoms with Gasteiger partial charge in [-0.15, -0.1) is 0 Å². The molecule has 0 aliphatic heterocycles. The smallest absolute Gasteiger partial charge is 0.274 e. The summed E-state index contributed by atoms with van der Waals surface area (Å²) in [5.74, 6) is 5.47. The maximum atomic E-state index is 12.1. The van der Waals surface area contributed by atoms with Gasteiger partial charge in [-0.3, -0.25) is 4.79 Å². The van der Waals surface area contributed by atoms with Gasteiger partial charge >= 0.3 is 0 Å². The standard InChI is InChI=1S/C15H18N4O/c1-2-4-11-7-9-12(10-8-11)17-15(20)13-5-3-6-14(18-13)19-16/h3,5-10H,2,4,16H2,1H3,(H,17,20)(H,18,19). The van der Waals surface area contributed by atoms with E-state index in [1.165, 1.54) is 5.56 Å². The average Bonchev–Trinajstić information content (AvgIpc) is 2.49. The van der Waals surface area contributed by atoms with Crippen molar-refractivity contribution in [3.05, 3.63) is 53.7 Å². The lowest BCUT2D eigenvalue weighted by atomic mass is 10.1. The first-order chi connectivity index (χ1) is 9.72. The summed E-state index contributed by atoms with van der Waals surface area (Å²) in [4.78, 5) is 16.1. The van der Waals surface area contributed by atoms with Gasteiger partial charge in [0.1, 0.15) is 11.5 Å². The molecule has 1 aromatic heterocycles. The Morgan fingerprint density at radius 2 is 1.95 bits per heavy atom.